The number of morpholine rings is 1. The smallest absolute Gasteiger partial charge is 0.191 e. The van der Waals surface area contributed by atoms with Crippen LogP contribution in [-0.2, 0) is 11.3 Å². The van der Waals surface area contributed by atoms with Gasteiger partial charge in [-0.2, -0.15) is 0 Å². The molecule has 1 saturated carbocycles. The third-order valence-corrected chi connectivity index (χ3v) is 5.66. The molecule has 156 valence electrons. The molecule has 28 heavy (non-hydrogen) atoms. The Kier molecular flexibility index (Phi) is 7.54. The summed E-state index contributed by atoms with van der Waals surface area (Å²) in [6.45, 7) is 13.0. The van der Waals surface area contributed by atoms with E-state index in [-0.39, 0.29) is 6.10 Å². The number of anilines is 1. The molecule has 0 bridgehead atoms. The lowest BCUT2D eigenvalue weighted by atomic mass is 9.80. The molecule has 0 spiro atoms. The minimum atomic E-state index is 0.252. The van der Waals surface area contributed by atoms with E-state index in [1.54, 1.807) is 0 Å². The molecule has 3 unspecified atom stereocenters. The van der Waals surface area contributed by atoms with Crippen LogP contribution in [0.25, 0.3) is 0 Å². The molecular weight excluding hydrogens is 350 g/mol. The minimum Gasteiger partial charge on any atom is -0.375 e. The fraction of sp³-hybridized carbons (Fsp3) is 0.727. The molecule has 0 aromatic carbocycles. The van der Waals surface area contributed by atoms with Crippen LogP contribution in [0, 0.1) is 11.8 Å². The number of hydrogen-bond acceptors (Lipinski definition) is 4. The monoisotopic (exact) mass is 387 g/mol. The molecule has 1 aromatic rings. The summed E-state index contributed by atoms with van der Waals surface area (Å²) in [5, 5.41) is 7.08. The van der Waals surface area contributed by atoms with Crippen molar-refractivity contribution >= 4 is 11.8 Å². The lowest BCUT2D eigenvalue weighted by molar-refractivity contribution is 0.0529. The van der Waals surface area contributed by atoms with Crippen LogP contribution in [0.1, 0.15) is 52.5 Å². The third-order valence-electron chi connectivity index (χ3n) is 5.66. The number of hydrogen-bond donors (Lipinski definition) is 2. The number of nitrogens with one attached hydrogen (secondary N) is 2. The number of guanidine groups is 1. The second kappa shape index (κ2) is 10.1. The van der Waals surface area contributed by atoms with Crippen LogP contribution in [0.2, 0.25) is 0 Å². The van der Waals surface area contributed by atoms with Crippen LogP contribution in [-0.4, -0.2) is 49.3 Å². The van der Waals surface area contributed by atoms with Crippen molar-refractivity contribution in [2.75, 3.05) is 31.1 Å². The van der Waals surface area contributed by atoms with Crippen LogP contribution in [0.4, 0.5) is 5.82 Å². The van der Waals surface area contributed by atoms with Crippen LogP contribution in [0.5, 0.6) is 0 Å². The van der Waals surface area contributed by atoms with Gasteiger partial charge in [-0.05, 0) is 62.6 Å². The first-order valence-corrected chi connectivity index (χ1v) is 10.9. The summed E-state index contributed by atoms with van der Waals surface area (Å²) in [4.78, 5) is 11.7. The van der Waals surface area contributed by atoms with Crippen molar-refractivity contribution in [2.45, 2.75) is 65.6 Å². The molecule has 0 amide bonds. The second-order valence-electron chi connectivity index (χ2n) is 8.60. The first-order chi connectivity index (χ1) is 13.5. The number of pyridine rings is 1. The van der Waals surface area contributed by atoms with Gasteiger partial charge >= 0.3 is 0 Å². The van der Waals surface area contributed by atoms with Gasteiger partial charge in [-0.1, -0.05) is 13.8 Å². The molecule has 3 atom stereocenters. The molecule has 1 saturated heterocycles. The Bertz CT molecular complexity index is 640. The number of rotatable bonds is 5. The maximum absolute atomic E-state index is 5.64. The topological polar surface area (TPSA) is 61.8 Å². The summed E-state index contributed by atoms with van der Waals surface area (Å²) in [6, 6.07) is 4.74. The molecule has 1 aliphatic carbocycles. The maximum Gasteiger partial charge on any atom is 0.191 e. The Hall–Kier alpha value is -1.82. The highest BCUT2D eigenvalue weighted by atomic mass is 16.5. The summed E-state index contributed by atoms with van der Waals surface area (Å²) >= 11 is 0. The van der Waals surface area contributed by atoms with Crippen LogP contribution < -0.4 is 15.5 Å². The Morgan fingerprint density at radius 1 is 1.25 bits per heavy atom. The van der Waals surface area contributed by atoms with E-state index in [0.29, 0.717) is 12.6 Å². The number of aromatic nitrogens is 1. The normalized spacial score (nSPS) is 28.9. The molecule has 0 radical (unpaired) electrons. The minimum absolute atomic E-state index is 0.252. The molecule has 6 nitrogen and oxygen atoms in total. The standard InChI is InChI=1S/C22H37N5O/c1-5-23-22(26-20-11-16(2)10-17(3)12-20)25-14-19-6-7-24-21(13-19)27-8-9-28-18(4)15-27/h6-7,13,16-18,20H,5,8-12,14-15H2,1-4H3,(H2,23,25,26). The largest absolute Gasteiger partial charge is 0.375 e. The Labute approximate surface area is 170 Å². The van der Waals surface area contributed by atoms with E-state index < -0.39 is 0 Å². The van der Waals surface area contributed by atoms with Crippen LogP contribution in [0.3, 0.4) is 0 Å². The maximum atomic E-state index is 5.64. The highest BCUT2D eigenvalue weighted by Gasteiger charge is 2.24. The first-order valence-electron chi connectivity index (χ1n) is 10.9. The first kappa shape index (κ1) is 20.9. The fourth-order valence-corrected chi connectivity index (χ4v) is 4.51. The quantitative estimate of drug-likeness (QED) is 0.600. The fourth-order valence-electron chi connectivity index (χ4n) is 4.51. The van der Waals surface area contributed by atoms with Crippen molar-refractivity contribution in [1.82, 2.24) is 15.6 Å². The Balaban J connectivity index is 1.63. The molecular formula is C22H37N5O. The van der Waals surface area contributed by atoms with Gasteiger partial charge in [0, 0.05) is 31.9 Å². The van der Waals surface area contributed by atoms with E-state index in [4.69, 9.17) is 9.73 Å². The molecule has 1 aromatic heterocycles. The van der Waals surface area contributed by atoms with Gasteiger partial charge in [-0.3, -0.25) is 0 Å². The summed E-state index contributed by atoms with van der Waals surface area (Å²) in [5.74, 6) is 3.51. The highest BCUT2D eigenvalue weighted by Crippen LogP contribution is 2.28. The molecule has 6 heteroatoms. The lowest BCUT2D eigenvalue weighted by Crippen LogP contribution is -2.46. The zero-order chi connectivity index (χ0) is 19.9. The summed E-state index contributed by atoms with van der Waals surface area (Å²) in [5.41, 5.74) is 1.19. The van der Waals surface area contributed by atoms with Crippen molar-refractivity contribution in [3.63, 3.8) is 0 Å². The van der Waals surface area contributed by atoms with E-state index in [9.17, 15) is 0 Å². The van der Waals surface area contributed by atoms with Crippen molar-refractivity contribution in [1.29, 1.82) is 0 Å². The van der Waals surface area contributed by atoms with Gasteiger partial charge in [0.1, 0.15) is 5.82 Å². The molecule has 1 aliphatic heterocycles. The van der Waals surface area contributed by atoms with E-state index in [1.165, 1.54) is 24.8 Å². The lowest BCUT2D eigenvalue weighted by Gasteiger charge is -2.33. The summed E-state index contributed by atoms with van der Waals surface area (Å²) in [6.07, 6.45) is 5.94. The van der Waals surface area contributed by atoms with E-state index >= 15 is 0 Å². The van der Waals surface area contributed by atoms with Gasteiger partial charge in [0.2, 0.25) is 0 Å². The van der Waals surface area contributed by atoms with Crippen molar-refractivity contribution in [3.05, 3.63) is 23.9 Å². The van der Waals surface area contributed by atoms with E-state index in [0.717, 1.165) is 49.9 Å². The SMILES string of the molecule is CCNC(=NCc1ccnc(N2CCOC(C)C2)c1)NC1CC(C)CC(C)C1. The number of ether oxygens (including phenoxy) is 1. The second-order valence-corrected chi connectivity index (χ2v) is 8.60. The number of nitrogens with zero attached hydrogens (tertiary/aromatic N) is 3. The van der Waals surface area contributed by atoms with Gasteiger partial charge in [0.05, 0.1) is 19.3 Å². The van der Waals surface area contributed by atoms with Crippen molar-refractivity contribution in [2.24, 2.45) is 16.8 Å². The molecule has 3 rings (SSSR count). The van der Waals surface area contributed by atoms with Crippen LogP contribution >= 0.6 is 0 Å². The Morgan fingerprint density at radius 2 is 2.04 bits per heavy atom. The third kappa shape index (κ3) is 6.09. The molecule has 2 N–H and O–H groups in total. The van der Waals surface area contributed by atoms with Gasteiger partial charge in [-0.25, -0.2) is 9.98 Å². The Morgan fingerprint density at radius 3 is 2.75 bits per heavy atom. The average molecular weight is 388 g/mol. The number of aliphatic imine (C=N–C) groups is 1. The van der Waals surface area contributed by atoms with Gasteiger partial charge in [0.15, 0.2) is 5.96 Å². The average Bonchev–Trinajstić information content (AvgIpc) is 2.66. The van der Waals surface area contributed by atoms with Gasteiger partial charge in [0.25, 0.3) is 0 Å². The zero-order valence-electron chi connectivity index (χ0n) is 17.9. The van der Waals surface area contributed by atoms with Crippen molar-refractivity contribution in [3.8, 4) is 0 Å². The van der Waals surface area contributed by atoms with Gasteiger partial charge in [-0.15, -0.1) is 0 Å². The predicted octanol–water partition coefficient (Wildman–Crippen LogP) is 3.19. The van der Waals surface area contributed by atoms with E-state index in [1.807, 2.05) is 6.20 Å². The molecule has 2 heterocycles. The summed E-state index contributed by atoms with van der Waals surface area (Å²) in [7, 11) is 0. The van der Waals surface area contributed by atoms with E-state index in [2.05, 4.69) is 60.3 Å². The van der Waals surface area contributed by atoms with Crippen LogP contribution in [0.15, 0.2) is 23.3 Å². The predicted molar refractivity (Wildman–Crippen MR) is 116 cm³/mol. The van der Waals surface area contributed by atoms with Gasteiger partial charge < -0.3 is 20.3 Å². The zero-order valence-corrected chi connectivity index (χ0v) is 17.9. The van der Waals surface area contributed by atoms with Crippen molar-refractivity contribution < 1.29 is 4.74 Å². The summed E-state index contributed by atoms with van der Waals surface area (Å²) < 4.78 is 5.64. The highest BCUT2D eigenvalue weighted by molar-refractivity contribution is 5.80. The molecule has 2 aliphatic rings. The molecule has 2 fully saturated rings.